The zero-order valence-corrected chi connectivity index (χ0v) is 13.4. The van der Waals surface area contributed by atoms with Gasteiger partial charge in [-0.3, -0.25) is 4.90 Å². The van der Waals surface area contributed by atoms with Gasteiger partial charge in [-0.05, 0) is 57.3 Å². The summed E-state index contributed by atoms with van der Waals surface area (Å²) < 4.78 is 13.8. The highest BCUT2D eigenvalue weighted by molar-refractivity contribution is 5.18. The molecule has 1 aromatic carbocycles. The van der Waals surface area contributed by atoms with Crippen LogP contribution >= 0.6 is 0 Å². The lowest BCUT2D eigenvalue weighted by atomic mass is 10.0. The average Bonchev–Trinajstić information content (AvgIpc) is 2.98. The molecule has 2 atom stereocenters. The van der Waals surface area contributed by atoms with Gasteiger partial charge in [-0.2, -0.15) is 0 Å². The van der Waals surface area contributed by atoms with Crippen LogP contribution in [-0.2, 0) is 6.42 Å². The molecular formula is C18H29FN2. The SMILES string of the molecule is CCCCN(CC1CCCN1)C(C)Cc1ccccc1F. The highest BCUT2D eigenvalue weighted by Crippen LogP contribution is 2.15. The Hall–Kier alpha value is -0.930. The Morgan fingerprint density at radius 3 is 2.86 bits per heavy atom. The van der Waals surface area contributed by atoms with Crippen LogP contribution in [0.3, 0.4) is 0 Å². The molecule has 1 N–H and O–H groups in total. The van der Waals surface area contributed by atoms with Gasteiger partial charge in [-0.1, -0.05) is 31.5 Å². The summed E-state index contributed by atoms with van der Waals surface area (Å²) in [5, 5.41) is 3.58. The summed E-state index contributed by atoms with van der Waals surface area (Å²) in [5.41, 5.74) is 0.839. The quantitative estimate of drug-likeness (QED) is 0.787. The standard InChI is InChI=1S/C18H29FN2/c1-3-4-12-21(14-17-9-7-11-20-17)15(2)13-16-8-5-6-10-18(16)19/h5-6,8,10,15,17,20H,3-4,7,9,11-14H2,1-2H3. The molecule has 0 saturated carbocycles. The zero-order valence-electron chi connectivity index (χ0n) is 13.4. The Kier molecular flexibility index (Phi) is 6.65. The van der Waals surface area contributed by atoms with Crippen LogP contribution in [0.1, 0.15) is 45.1 Å². The van der Waals surface area contributed by atoms with Gasteiger partial charge in [0.2, 0.25) is 0 Å². The number of nitrogens with one attached hydrogen (secondary N) is 1. The van der Waals surface area contributed by atoms with Crippen molar-refractivity contribution in [3.05, 3.63) is 35.6 Å². The highest BCUT2D eigenvalue weighted by atomic mass is 19.1. The normalized spacial score (nSPS) is 20.1. The van der Waals surface area contributed by atoms with Crippen LogP contribution in [0.15, 0.2) is 24.3 Å². The summed E-state index contributed by atoms with van der Waals surface area (Å²) in [6, 6.07) is 8.18. The van der Waals surface area contributed by atoms with E-state index in [-0.39, 0.29) is 5.82 Å². The molecule has 3 heteroatoms. The molecule has 2 unspecified atom stereocenters. The third-order valence-electron chi connectivity index (χ3n) is 4.51. The lowest BCUT2D eigenvalue weighted by Gasteiger charge is -2.31. The van der Waals surface area contributed by atoms with Crippen molar-refractivity contribution in [1.29, 1.82) is 0 Å². The Bertz CT molecular complexity index is 415. The largest absolute Gasteiger partial charge is 0.313 e. The average molecular weight is 292 g/mol. The van der Waals surface area contributed by atoms with E-state index in [2.05, 4.69) is 24.1 Å². The molecule has 1 aromatic rings. The lowest BCUT2D eigenvalue weighted by molar-refractivity contribution is 0.186. The van der Waals surface area contributed by atoms with E-state index < -0.39 is 0 Å². The molecule has 118 valence electrons. The minimum atomic E-state index is -0.0706. The van der Waals surface area contributed by atoms with Gasteiger partial charge in [-0.25, -0.2) is 4.39 Å². The second kappa shape index (κ2) is 8.50. The molecule has 0 aliphatic carbocycles. The van der Waals surface area contributed by atoms with Crippen molar-refractivity contribution >= 4 is 0 Å². The first-order chi connectivity index (χ1) is 10.2. The molecule has 0 amide bonds. The first-order valence-corrected chi connectivity index (χ1v) is 8.41. The van der Waals surface area contributed by atoms with E-state index >= 15 is 0 Å². The number of unbranched alkanes of at least 4 members (excludes halogenated alkanes) is 1. The first-order valence-electron chi connectivity index (χ1n) is 8.41. The Morgan fingerprint density at radius 1 is 1.38 bits per heavy atom. The number of benzene rings is 1. The van der Waals surface area contributed by atoms with Crippen LogP contribution in [0, 0.1) is 5.82 Å². The van der Waals surface area contributed by atoms with Crippen LogP contribution in [0.2, 0.25) is 0 Å². The topological polar surface area (TPSA) is 15.3 Å². The van der Waals surface area contributed by atoms with Gasteiger partial charge in [0.25, 0.3) is 0 Å². The maximum Gasteiger partial charge on any atom is 0.126 e. The smallest absolute Gasteiger partial charge is 0.126 e. The van der Waals surface area contributed by atoms with Gasteiger partial charge < -0.3 is 5.32 Å². The highest BCUT2D eigenvalue weighted by Gasteiger charge is 2.21. The summed E-state index contributed by atoms with van der Waals surface area (Å²) in [7, 11) is 0. The summed E-state index contributed by atoms with van der Waals surface area (Å²) in [5.74, 6) is -0.0706. The minimum absolute atomic E-state index is 0.0706. The van der Waals surface area contributed by atoms with Crippen LogP contribution in [0.4, 0.5) is 4.39 Å². The predicted octanol–water partition coefficient (Wildman–Crippen LogP) is 3.61. The molecule has 1 aliphatic heterocycles. The van der Waals surface area contributed by atoms with E-state index in [1.165, 1.54) is 25.7 Å². The summed E-state index contributed by atoms with van der Waals surface area (Å²) >= 11 is 0. The molecule has 2 rings (SSSR count). The zero-order chi connectivity index (χ0) is 15.1. The third-order valence-corrected chi connectivity index (χ3v) is 4.51. The Balaban J connectivity index is 1.95. The summed E-state index contributed by atoms with van der Waals surface area (Å²) in [6.45, 7) is 7.82. The molecule has 0 aromatic heterocycles. The van der Waals surface area contributed by atoms with Crippen LogP contribution in [-0.4, -0.2) is 36.6 Å². The fourth-order valence-corrected chi connectivity index (χ4v) is 3.16. The van der Waals surface area contributed by atoms with Crippen molar-refractivity contribution in [2.24, 2.45) is 0 Å². The lowest BCUT2D eigenvalue weighted by Crippen LogP contribution is -2.43. The molecule has 2 nitrogen and oxygen atoms in total. The van der Waals surface area contributed by atoms with E-state index in [0.717, 1.165) is 31.6 Å². The minimum Gasteiger partial charge on any atom is -0.313 e. The maximum atomic E-state index is 13.8. The fraction of sp³-hybridized carbons (Fsp3) is 0.667. The molecule has 1 heterocycles. The van der Waals surface area contributed by atoms with Gasteiger partial charge in [0.05, 0.1) is 0 Å². The van der Waals surface area contributed by atoms with Crippen molar-refractivity contribution in [3.8, 4) is 0 Å². The van der Waals surface area contributed by atoms with E-state index in [4.69, 9.17) is 0 Å². The number of rotatable bonds is 8. The number of hydrogen-bond donors (Lipinski definition) is 1. The summed E-state index contributed by atoms with van der Waals surface area (Å²) in [4.78, 5) is 2.54. The van der Waals surface area contributed by atoms with Crippen molar-refractivity contribution < 1.29 is 4.39 Å². The van der Waals surface area contributed by atoms with Crippen molar-refractivity contribution in [2.45, 2.75) is 58.0 Å². The van der Waals surface area contributed by atoms with E-state index in [1.807, 2.05) is 12.1 Å². The van der Waals surface area contributed by atoms with Gasteiger partial charge in [0, 0.05) is 18.6 Å². The second-order valence-corrected chi connectivity index (χ2v) is 6.29. The molecule has 1 aliphatic rings. The molecule has 0 bridgehead atoms. The maximum absolute atomic E-state index is 13.8. The van der Waals surface area contributed by atoms with Crippen LogP contribution < -0.4 is 5.32 Å². The van der Waals surface area contributed by atoms with Gasteiger partial charge in [0.15, 0.2) is 0 Å². The van der Waals surface area contributed by atoms with E-state index in [0.29, 0.717) is 12.1 Å². The second-order valence-electron chi connectivity index (χ2n) is 6.29. The van der Waals surface area contributed by atoms with Crippen LogP contribution in [0.25, 0.3) is 0 Å². The molecular weight excluding hydrogens is 263 g/mol. The first kappa shape index (κ1) is 16.4. The predicted molar refractivity (Wildman–Crippen MR) is 87.1 cm³/mol. The molecule has 0 radical (unpaired) electrons. The molecule has 1 saturated heterocycles. The Labute approximate surface area is 128 Å². The van der Waals surface area contributed by atoms with Gasteiger partial charge in [-0.15, -0.1) is 0 Å². The van der Waals surface area contributed by atoms with E-state index in [1.54, 1.807) is 12.1 Å². The third kappa shape index (κ3) is 5.08. The molecule has 0 spiro atoms. The molecule has 21 heavy (non-hydrogen) atoms. The van der Waals surface area contributed by atoms with Crippen molar-refractivity contribution in [2.75, 3.05) is 19.6 Å². The van der Waals surface area contributed by atoms with Crippen molar-refractivity contribution in [3.63, 3.8) is 0 Å². The van der Waals surface area contributed by atoms with E-state index in [9.17, 15) is 4.39 Å². The monoisotopic (exact) mass is 292 g/mol. The van der Waals surface area contributed by atoms with Gasteiger partial charge >= 0.3 is 0 Å². The number of hydrogen-bond acceptors (Lipinski definition) is 2. The van der Waals surface area contributed by atoms with Crippen molar-refractivity contribution in [1.82, 2.24) is 10.2 Å². The number of nitrogens with zero attached hydrogens (tertiary/aromatic N) is 1. The summed E-state index contributed by atoms with van der Waals surface area (Å²) in [6.07, 6.45) is 5.78. The van der Waals surface area contributed by atoms with Gasteiger partial charge in [0.1, 0.15) is 5.82 Å². The fourth-order valence-electron chi connectivity index (χ4n) is 3.16. The Morgan fingerprint density at radius 2 is 2.19 bits per heavy atom. The number of halogens is 1. The molecule has 1 fully saturated rings. The van der Waals surface area contributed by atoms with Crippen LogP contribution in [0.5, 0.6) is 0 Å².